The number of alkyl carbamates (subject to hydrolysis) is 1. The molecule has 7 heteroatoms. The van der Waals surface area contributed by atoms with Crippen molar-refractivity contribution >= 4 is 22.0 Å². The predicted octanol–water partition coefficient (Wildman–Crippen LogP) is 4.52. The van der Waals surface area contributed by atoms with Gasteiger partial charge in [0.05, 0.1) is 4.47 Å². The molecular formula is C24H21BrFNO4. The van der Waals surface area contributed by atoms with Gasteiger partial charge in [-0.25, -0.2) is 9.18 Å². The van der Waals surface area contributed by atoms with E-state index in [4.69, 9.17) is 4.74 Å². The van der Waals surface area contributed by atoms with Crippen LogP contribution < -0.4 is 5.32 Å². The summed E-state index contributed by atoms with van der Waals surface area (Å²) in [7, 11) is 0. The van der Waals surface area contributed by atoms with Crippen LogP contribution in [0.2, 0.25) is 0 Å². The number of halogens is 2. The summed E-state index contributed by atoms with van der Waals surface area (Å²) in [4.78, 5) is 12.2. The monoisotopic (exact) mass is 485 g/mol. The van der Waals surface area contributed by atoms with Gasteiger partial charge in [-0.1, -0.05) is 60.7 Å². The van der Waals surface area contributed by atoms with Crippen LogP contribution in [0.1, 0.15) is 28.7 Å². The van der Waals surface area contributed by atoms with Crippen molar-refractivity contribution in [1.82, 2.24) is 5.32 Å². The molecule has 0 heterocycles. The molecule has 4 rings (SSSR count). The second kappa shape index (κ2) is 9.18. The number of hydrogen-bond acceptors (Lipinski definition) is 4. The van der Waals surface area contributed by atoms with Crippen molar-refractivity contribution < 1.29 is 24.1 Å². The first kappa shape index (κ1) is 21.5. The fourth-order valence-electron chi connectivity index (χ4n) is 3.91. The molecule has 0 aromatic heterocycles. The number of rotatable bonds is 6. The van der Waals surface area contributed by atoms with Crippen molar-refractivity contribution in [1.29, 1.82) is 0 Å². The normalized spacial score (nSPS) is 14.5. The Morgan fingerprint density at radius 1 is 1.00 bits per heavy atom. The third-order valence-corrected chi connectivity index (χ3v) is 6.08. The average Bonchev–Trinajstić information content (AvgIpc) is 3.11. The minimum Gasteiger partial charge on any atom is -0.449 e. The van der Waals surface area contributed by atoms with E-state index in [0.29, 0.717) is 0 Å². The Kier molecular flexibility index (Phi) is 6.36. The van der Waals surface area contributed by atoms with Crippen LogP contribution in [0.15, 0.2) is 71.2 Å². The topological polar surface area (TPSA) is 78.8 Å². The third-order valence-electron chi connectivity index (χ3n) is 5.46. The molecule has 0 fully saturated rings. The van der Waals surface area contributed by atoms with Gasteiger partial charge < -0.3 is 20.3 Å². The molecule has 1 amide bonds. The molecule has 3 aromatic rings. The van der Waals surface area contributed by atoms with Crippen LogP contribution in [0.3, 0.4) is 0 Å². The summed E-state index contributed by atoms with van der Waals surface area (Å²) in [6.45, 7) is -0.150. The molecule has 2 unspecified atom stereocenters. The van der Waals surface area contributed by atoms with Gasteiger partial charge in [0.25, 0.3) is 0 Å². The number of fused-ring (bicyclic) bond motifs is 3. The summed E-state index contributed by atoms with van der Waals surface area (Å²) >= 11 is 3.04. The predicted molar refractivity (Wildman–Crippen MR) is 118 cm³/mol. The maximum Gasteiger partial charge on any atom is 0.407 e. The Labute approximate surface area is 187 Å². The lowest BCUT2D eigenvalue weighted by atomic mass is 9.98. The lowest BCUT2D eigenvalue weighted by Crippen LogP contribution is -2.36. The van der Waals surface area contributed by atoms with Gasteiger partial charge in [-0.05, 0) is 44.3 Å². The molecule has 1 aliphatic carbocycles. The van der Waals surface area contributed by atoms with Crippen molar-refractivity contribution in [3.8, 4) is 11.1 Å². The van der Waals surface area contributed by atoms with Gasteiger partial charge in [-0.3, -0.25) is 0 Å². The number of ether oxygens (including phenoxy) is 1. The zero-order valence-electron chi connectivity index (χ0n) is 16.5. The lowest BCUT2D eigenvalue weighted by Gasteiger charge is -2.20. The van der Waals surface area contributed by atoms with E-state index < -0.39 is 24.1 Å². The van der Waals surface area contributed by atoms with Crippen LogP contribution in [0, 0.1) is 5.82 Å². The standard InChI is InChI=1S/C24H21BrFNO4/c25-20-11-5-10-18(22(20)26)23(29)21(28)12-27-24(30)31-13-19-16-8-3-1-6-14(16)15-7-2-4-9-17(15)19/h1-11,19,21,23,28-29H,12-13H2,(H,27,30). The minimum atomic E-state index is -1.49. The van der Waals surface area contributed by atoms with Crippen molar-refractivity contribution in [2.45, 2.75) is 18.1 Å². The number of amides is 1. The SMILES string of the molecule is O=C(NCC(O)C(O)c1cccc(Br)c1F)OCC1c2ccccc2-c2ccccc21. The maximum absolute atomic E-state index is 14.1. The first-order chi connectivity index (χ1) is 15.0. The molecule has 0 bridgehead atoms. The lowest BCUT2D eigenvalue weighted by molar-refractivity contribution is 0.0165. The Balaban J connectivity index is 1.35. The Bertz CT molecular complexity index is 1060. The van der Waals surface area contributed by atoms with E-state index in [1.54, 1.807) is 6.07 Å². The van der Waals surface area contributed by atoms with Crippen LogP contribution in [0.25, 0.3) is 11.1 Å². The number of hydrogen-bond donors (Lipinski definition) is 3. The molecule has 160 valence electrons. The van der Waals surface area contributed by atoms with Crippen molar-refractivity contribution in [3.63, 3.8) is 0 Å². The van der Waals surface area contributed by atoms with Crippen molar-refractivity contribution in [2.24, 2.45) is 0 Å². The number of carbonyl (C=O) groups excluding carboxylic acids is 1. The largest absolute Gasteiger partial charge is 0.449 e. The first-order valence-corrected chi connectivity index (χ1v) is 10.7. The molecule has 5 nitrogen and oxygen atoms in total. The molecule has 3 aromatic carbocycles. The van der Waals surface area contributed by atoms with Gasteiger partial charge in [-0.15, -0.1) is 0 Å². The summed E-state index contributed by atoms with van der Waals surface area (Å²) in [5.41, 5.74) is 4.38. The van der Waals surface area contributed by atoms with Crippen LogP contribution in [-0.2, 0) is 4.74 Å². The molecule has 31 heavy (non-hydrogen) atoms. The van der Waals surface area contributed by atoms with Gasteiger partial charge in [-0.2, -0.15) is 0 Å². The van der Waals surface area contributed by atoms with Crippen molar-refractivity contribution in [3.05, 3.63) is 93.7 Å². The van der Waals surface area contributed by atoms with E-state index >= 15 is 0 Å². The van der Waals surface area contributed by atoms with E-state index in [1.807, 2.05) is 48.5 Å². The molecule has 3 N–H and O–H groups in total. The Morgan fingerprint density at radius 3 is 2.26 bits per heavy atom. The molecule has 0 aliphatic heterocycles. The molecule has 0 radical (unpaired) electrons. The summed E-state index contributed by atoms with van der Waals surface area (Å²) in [5.74, 6) is -0.736. The quantitative estimate of drug-likeness (QED) is 0.479. The number of nitrogens with one attached hydrogen (secondary N) is 1. The van der Waals surface area contributed by atoms with Gasteiger partial charge in [0.1, 0.15) is 24.6 Å². The molecule has 0 spiro atoms. The minimum absolute atomic E-state index is 0.0591. The molecular weight excluding hydrogens is 465 g/mol. The highest BCUT2D eigenvalue weighted by atomic mass is 79.9. The van der Waals surface area contributed by atoms with Crippen LogP contribution >= 0.6 is 15.9 Å². The smallest absolute Gasteiger partial charge is 0.407 e. The maximum atomic E-state index is 14.1. The zero-order chi connectivity index (χ0) is 22.0. The number of benzene rings is 3. The Morgan fingerprint density at radius 2 is 1.61 bits per heavy atom. The van der Waals surface area contributed by atoms with E-state index in [-0.39, 0.29) is 29.1 Å². The number of carbonyl (C=O) groups is 1. The highest BCUT2D eigenvalue weighted by Crippen LogP contribution is 2.44. The summed E-state index contributed by atoms with van der Waals surface area (Å²) < 4.78 is 19.7. The fourth-order valence-corrected chi connectivity index (χ4v) is 4.29. The molecule has 2 atom stereocenters. The third kappa shape index (κ3) is 4.35. The molecule has 0 saturated heterocycles. The number of aliphatic hydroxyl groups excluding tert-OH is 2. The van der Waals surface area contributed by atoms with Crippen LogP contribution in [-0.4, -0.2) is 35.6 Å². The van der Waals surface area contributed by atoms with Gasteiger partial charge in [0.2, 0.25) is 0 Å². The van der Waals surface area contributed by atoms with E-state index in [9.17, 15) is 19.4 Å². The first-order valence-electron chi connectivity index (χ1n) is 9.86. The van der Waals surface area contributed by atoms with Crippen LogP contribution in [0.5, 0.6) is 0 Å². The second-order valence-electron chi connectivity index (χ2n) is 7.36. The van der Waals surface area contributed by atoms with E-state index in [0.717, 1.165) is 22.3 Å². The molecule has 0 saturated carbocycles. The van der Waals surface area contributed by atoms with Gasteiger partial charge >= 0.3 is 6.09 Å². The average molecular weight is 486 g/mol. The highest BCUT2D eigenvalue weighted by Gasteiger charge is 2.29. The van der Waals surface area contributed by atoms with E-state index in [1.165, 1.54) is 12.1 Å². The Hall–Kier alpha value is -2.74. The summed E-state index contributed by atoms with van der Waals surface area (Å²) in [6.07, 6.45) is -3.61. The highest BCUT2D eigenvalue weighted by molar-refractivity contribution is 9.10. The summed E-state index contributed by atoms with van der Waals surface area (Å²) in [6, 6.07) is 20.4. The van der Waals surface area contributed by atoms with Gasteiger partial charge in [0.15, 0.2) is 0 Å². The number of aliphatic hydroxyl groups is 2. The van der Waals surface area contributed by atoms with Crippen molar-refractivity contribution in [2.75, 3.05) is 13.2 Å². The summed E-state index contributed by atoms with van der Waals surface area (Å²) in [5, 5.41) is 22.8. The van der Waals surface area contributed by atoms with Crippen LogP contribution in [0.4, 0.5) is 9.18 Å². The van der Waals surface area contributed by atoms with E-state index in [2.05, 4.69) is 21.2 Å². The fraction of sp³-hybridized carbons (Fsp3) is 0.208. The molecule has 1 aliphatic rings. The second-order valence-corrected chi connectivity index (χ2v) is 8.22. The zero-order valence-corrected chi connectivity index (χ0v) is 18.0. The van der Waals surface area contributed by atoms with Gasteiger partial charge in [0, 0.05) is 18.0 Å².